The molecule has 0 aliphatic carbocycles. The standard InChI is InChI=1S/C17H27N3O5/c1-11(2)19-20-16(22)10-18-15(21)7-6-12-8-13(23-3)17(25-5)14(9-12)24-4/h8-9,11,19H,6-7,10H2,1-5H3,(H,18,21)(H,20,22). The van der Waals surface area contributed by atoms with Crippen LogP contribution in [0, 0.1) is 0 Å². The second-order valence-electron chi connectivity index (χ2n) is 5.66. The van der Waals surface area contributed by atoms with Gasteiger partial charge in [-0.3, -0.25) is 15.0 Å². The molecule has 0 saturated carbocycles. The molecule has 2 amide bonds. The van der Waals surface area contributed by atoms with Crippen LogP contribution in [0.5, 0.6) is 17.2 Å². The van der Waals surface area contributed by atoms with Gasteiger partial charge in [-0.1, -0.05) is 0 Å². The molecule has 1 rings (SSSR count). The second-order valence-corrected chi connectivity index (χ2v) is 5.66. The Bertz CT molecular complexity index is 565. The molecule has 0 aliphatic heterocycles. The summed E-state index contributed by atoms with van der Waals surface area (Å²) in [6, 6.07) is 3.72. The van der Waals surface area contributed by atoms with E-state index >= 15 is 0 Å². The zero-order chi connectivity index (χ0) is 18.8. The van der Waals surface area contributed by atoms with Crippen LogP contribution in [0.4, 0.5) is 0 Å². The molecule has 0 atom stereocenters. The Labute approximate surface area is 148 Å². The monoisotopic (exact) mass is 353 g/mol. The average Bonchev–Trinajstić information content (AvgIpc) is 2.61. The molecular formula is C17H27N3O5. The summed E-state index contributed by atoms with van der Waals surface area (Å²) in [7, 11) is 4.61. The van der Waals surface area contributed by atoms with Gasteiger partial charge in [0.05, 0.1) is 27.9 Å². The van der Waals surface area contributed by atoms with Crippen LogP contribution >= 0.6 is 0 Å². The summed E-state index contributed by atoms with van der Waals surface area (Å²) >= 11 is 0. The van der Waals surface area contributed by atoms with Gasteiger partial charge in [-0.25, -0.2) is 5.43 Å². The van der Waals surface area contributed by atoms with Crippen molar-refractivity contribution < 1.29 is 23.8 Å². The van der Waals surface area contributed by atoms with Crippen LogP contribution in [0.2, 0.25) is 0 Å². The number of hydrogen-bond acceptors (Lipinski definition) is 6. The third-order valence-electron chi connectivity index (χ3n) is 3.31. The smallest absolute Gasteiger partial charge is 0.253 e. The molecule has 140 valence electrons. The van der Waals surface area contributed by atoms with Crippen molar-refractivity contribution in [3.8, 4) is 17.2 Å². The molecular weight excluding hydrogens is 326 g/mol. The number of nitrogens with one attached hydrogen (secondary N) is 3. The minimum absolute atomic E-state index is 0.0756. The lowest BCUT2D eigenvalue weighted by atomic mass is 10.1. The summed E-state index contributed by atoms with van der Waals surface area (Å²) in [4.78, 5) is 23.4. The van der Waals surface area contributed by atoms with Crippen LogP contribution in [0.25, 0.3) is 0 Å². The van der Waals surface area contributed by atoms with E-state index in [-0.39, 0.29) is 30.8 Å². The number of methoxy groups -OCH3 is 3. The molecule has 0 radical (unpaired) electrons. The maximum atomic E-state index is 11.9. The molecule has 0 aliphatic rings. The number of amides is 2. The highest BCUT2D eigenvalue weighted by atomic mass is 16.5. The number of hydrogen-bond donors (Lipinski definition) is 3. The van der Waals surface area contributed by atoms with E-state index in [1.165, 1.54) is 21.3 Å². The Kier molecular flexibility index (Phi) is 8.55. The quantitative estimate of drug-likeness (QED) is 0.538. The normalized spacial score (nSPS) is 10.3. The predicted octanol–water partition coefficient (Wildman–Crippen LogP) is 0.790. The Hall–Kier alpha value is -2.48. The van der Waals surface area contributed by atoms with Crippen molar-refractivity contribution in [1.82, 2.24) is 16.2 Å². The van der Waals surface area contributed by atoms with Gasteiger partial charge in [-0.05, 0) is 38.0 Å². The van der Waals surface area contributed by atoms with Gasteiger partial charge in [0.15, 0.2) is 11.5 Å². The molecule has 0 unspecified atom stereocenters. The first-order valence-electron chi connectivity index (χ1n) is 8.01. The molecule has 0 aromatic heterocycles. The first-order valence-corrected chi connectivity index (χ1v) is 8.01. The third kappa shape index (κ3) is 6.88. The van der Waals surface area contributed by atoms with Crippen molar-refractivity contribution >= 4 is 11.8 Å². The SMILES string of the molecule is COc1cc(CCC(=O)NCC(=O)NNC(C)C)cc(OC)c1OC. The maximum Gasteiger partial charge on any atom is 0.253 e. The van der Waals surface area contributed by atoms with Gasteiger partial charge in [0.25, 0.3) is 5.91 Å². The van der Waals surface area contributed by atoms with Gasteiger partial charge in [-0.2, -0.15) is 0 Å². The summed E-state index contributed by atoms with van der Waals surface area (Å²) in [5, 5.41) is 2.58. The van der Waals surface area contributed by atoms with Gasteiger partial charge in [-0.15, -0.1) is 0 Å². The summed E-state index contributed by atoms with van der Waals surface area (Å²) < 4.78 is 15.8. The van der Waals surface area contributed by atoms with Crippen molar-refractivity contribution in [2.24, 2.45) is 0 Å². The Balaban J connectivity index is 2.54. The molecule has 0 spiro atoms. The number of aryl methyl sites for hydroxylation is 1. The molecule has 25 heavy (non-hydrogen) atoms. The highest BCUT2D eigenvalue weighted by Gasteiger charge is 2.14. The van der Waals surface area contributed by atoms with Crippen LogP contribution in [0.1, 0.15) is 25.8 Å². The largest absolute Gasteiger partial charge is 0.493 e. The summed E-state index contributed by atoms with van der Waals surface area (Å²) in [6.07, 6.45) is 0.720. The fourth-order valence-corrected chi connectivity index (χ4v) is 2.07. The van der Waals surface area contributed by atoms with Gasteiger partial charge >= 0.3 is 0 Å². The number of hydrazine groups is 1. The molecule has 1 aromatic carbocycles. The van der Waals surface area contributed by atoms with E-state index in [0.29, 0.717) is 23.7 Å². The van der Waals surface area contributed by atoms with E-state index in [4.69, 9.17) is 14.2 Å². The molecule has 1 aromatic rings. The number of rotatable bonds is 10. The van der Waals surface area contributed by atoms with Crippen molar-refractivity contribution in [1.29, 1.82) is 0 Å². The molecule has 3 N–H and O–H groups in total. The van der Waals surface area contributed by atoms with Crippen molar-refractivity contribution in [2.45, 2.75) is 32.7 Å². The summed E-state index contributed by atoms with van der Waals surface area (Å²) in [5.74, 6) is 1.07. The van der Waals surface area contributed by atoms with E-state index in [1.807, 2.05) is 13.8 Å². The predicted molar refractivity (Wildman–Crippen MR) is 93.8 cm³/mol. The minimum atomic E-state index is -0.296. The number of carbonyl (C=O) groups excluding carboxylic acids is 2. The topological polar surface area (TPSA) is 97.9 Å². The van der Waals surface area contributed by atoms with E-state index in [2.05, 4.69) is 16.2 Å². The molecule has 0 saturated heterocycles. The Morgan fingerprint density at radius 2 is 1.60 bits per heavy atom. The highest BCUT2D eigenvalue weighted by molar-refractivity contribution is 5.84. The van der Waals surface area contributed by atoms with Gasteiger partial charge in [0.2, 0.25) is 11.7 Å². The second kappa shape index (κ2) is 10.4. The van der Waals surface area contributed by atoms with Crippen LogP contribution in [-0.2, 0) is 16.0 Å². The lowest BCUT2D eigenvalue weighted by Gasteiger charge is -2.14. The van der Waals surface area contributed by atoms with Gasteiger partial charge < -0.3 is 19.5 Å². The molecule has 8 heteroatoms. The van der Waals surface area contributed by atoms with Crippen LogP contribution in [0.15, 0.2) is 12.1 Å². The number of ether oxygens (including phenoxy) is 3. The van der Waals surface area contributed by atoms with E-state index in [9.17, 15) is 9.59 Å². The van der Waals surface area contributed by atoms with Crippen molar-refractivity contribution in [3.63, 3.8) is 0 Å². The number of benzene rings is 1. The van der Waals surface area contributed by atoms with Gasteiger partial charge in [0, 0.05) is 12.5 Å². The van der Waals surface area contributed by atoms with E-state index < -0.39 is 0 Å². The molecule has 0 heterocycles. The Morgan fingerprint density at radius 1 is 1.00 bits per heavy atom. The van der Waals surface area contributed by atoms with Crippen LogP contribution in [-0.4, -0.2) is 45.7 Å². The first kappa shape index (κ1) is 20.6. The average molecular weight is 353 g/mol. The highest BCUT2D eigenvalue weighted by Crippen LogP contribution is 2.38. The summed E-state index contributed by atoms with van der Waals surface area (Å²) in [6.45, 7) is 3.72. The maximum absolute atomic E-state index is 11.9. The Morgan fingerprint density at radius 3 is 2.08 bits per heavy atom. The zero-order valence-corrected chi connectivity index (χ0v) is 15.4. The van der Waals surface area contributed by atoms with Crippen molar-refractivity contribution in [3.05, 3.63) is 17.7 Å². The molecule has 0 fully saturated rings. The lowest BCUT2D eigenvalue weighted by Crippen LogP contribution is -2.46. The van der Waals surface area contributed by atoms with E-state index in [1.54, 1.807) is 12.1 Å². The van der Waals surface area contributed by atoms with Crippen LogP contribution < -0.4 is 30.4 Å². The fraction of sp³-hybridized carbons (Fsp3) is 0.529. The fourth-order valence-electron chi connectivity index (χ4n) is 2.07. The molecule has 8 nitrogen and oxygen atoms in total. The summed E-state index contributed by atoms with van der Waals surface area (Å²) in [5.41, 5.74) is 6.15. The van der Waals surface area contributed by atoms with Gasteiger partial charge in [0.1, 0.15) is 0 Å². The first-order chi connectivity index (χ1) is 11.9. The van der Waals surface area contributed by atoms with Crippen molar-refractivity contribution in [2.75, 3.05) is 27.9 Å². The lowest BCUT2D eigenvalue weighted by molar-refractivity contribution is -0.126. The molecule has 0 bridgehead atoms. The van der Waals surface area contributed by atoms with E-state index in [0.717, 1.165) is 5.56 Å². The van der Waals surface area contributed by atoms with Crippen LogP contribution in [0.3, 0.4) is 0 Å². The minimum Gasteiger partial charge on any atom is -0.493 e. The number of carbonyl (C=O) groups is 2. The third-order valence-corrected chi connectivity index (χ3v) is 3.31. The zero-order valence-electron chi connectivity index (χ0n) is 15.4.